The fourth-order valence-electron chi connectivity index (χ4n) is 2.88. The van der Waals surface area contributed by atoms with E-state index in [-0.39, 0.29) is 4.99 Å². The molecule has 0 aromatic heterocycles. The SMILES string of the molecule is CC(=C(C#N)C(N)=S)N1CCCN(c2ccccc2C)CC1. The van der Waals surface area contributed by atoms with Crippen LogP contribution < -0.4 is 10.6 Å². The monoisotopic (exact) mass is 314 g/mol. The minimum atomic E-state index is 0.181. The molecule has 1 saturated heterocycles. The maximum atomic E-state index is 9.22. The zero-order valence-electron chi connectivity index (χ0n) is 13.2. The summed E-state index contributed by atoms with van der Waals surface area (Å²) in [5.41, 5.74) is 9.55. The van der Waals surface area contributed by atoms with Crippen LogP contribution in [0.2, 0.25) is 0 Å². The lowest BCUT2D eigenvalue weighted by Crippen LogP contribution is -2.31. The van der Waals surface area contributed by atoms with Crippen molar-refractivity contribution in [3.05, 3.63) is 41.1 Å². The number of nitrogens with two attached hydrogens (primary N) is 1. The van der Waals surface area contributed by atoms with Gasteiger partial charge in [0.15, 0.2) is 0 Å². The largest absolute Gasteiger partial charge is 0.389 e. The molecule has 4 nitrogen and oxygen atoms in total. The first kappa shape index (κ1) is 16.3. The zero-order chi connectivity index (χ0) is 16.1. The Hall–Kier alpha value is -2.06. The van der Waals surface area contributed by atoms with Crippen LogP contribution in [0.25, 0.3) is 0 Å². The third-order valence-corrected chi connectivity index (χ3v) is 4.35. The molecule has 22 heavy (non-hydrogen) atoms. The van der Waals surface area contributed by atoms with Crippen LogP contribution in [0.15, 0.2) is 35.5 Å². The van der Waals surface area contributed by atoms with E-state index in [0.717, 1.165) is 38.3 Å². The fourth-order valence-corrected chi connectivity index (χ4v) is 3.08. The van der Waals surface area contributed by atoms with Gasteiger partial charge in [-0.15, -0.1) is 0 Å². The molecule has 0 amide bonds. The Bertz CT molecular complexity index is 630. The number of thiocarbonyl (C=S) groups is 1. The van der Waals surface area contributed by atoms with Crippen molar-refractivity contribution < 1.29 is 0 Å². The van der Waals surface area contributed by atoms with Crippen molar-refractivity contribution in [1.82, 2.24) is 4.90 Å². The van der Waals surface area contributed by atoms with E-state index in [4.69, 9.17) is 18.0 Å². The van der Waals surface area contributed by atoms with Crippen LogP contribution >= 0.6 is 12.2 Å². The lowest BCUT2D eigenvalue weighted by atomic mass is 10.2. The normalized spacial score (nSPS) is 16.6. The summed E-state index contributed by atoms with van der Waals surface area (Å²) in [6.07, 6.45) is 1.04. The Morgan fingerprint density at radius 1 is 1.23 bits per heavy atom. The highest BCUT2D eigenvalue weighted by Crippen LogP contribution is 2.22. The van der Waals surface area contributed by atoms with E-state index in [9.17, 15) is 5.26 Å². The van der Waals surface area contributed by atoms with Crippen LogP contribution in [0.4, 0.5) is 5.69 Å². The number of para-hydroxylation sites is 1. The van der Waals surface area contributed by atoms with E-state index in [0.29, 0.717) is 5.57 Å². The minimum Gasteiger partial charge on any atom is -0.389 e. The van der Waals surface area contributed by atoms with Crippen molar-refractivity contribution in [2.75, 3.05) is 31.1 Å². The summed E-state index contributed by atoms with van der Waals surface area (Å²) in [6, 6.07) is 10.6. The smallest absolute Gasteiger partial charge is 0.116 e. The number of allylic oxidation sites excluding steroid dienone is 1. The standard InChI is InChI=1S/C17H22N4S/c1-13-6-3-4-7-16(13)21-9-5-8-20(10-11-21)14(2)15(12-18)17(19)22/h3-4,6-7H,5,8-11H2,1-2H3,(H2,19,22). The topological polar surface area (TPSA) is 56.3 Å². The van der Waals surface area contributed by atoms with Gasteiger partial charge in [-0.2, -0.15) is 5.26 Å². The summed E-state index contributed by atoms with van der Waals surface area (Å²) in [5, 5.41) is 9.22. The first-order chi connectivity index (χ1) is 10.5. The molecule has 0 spiro atoms. The molecule has 0 radical (unpaired) electrons. The van der Waals surface area contributed by atoms with Gasteiger partial charge >= 0.3 is 0 Å². The lowest BCUT2D eigenvalue weighted by molar-refractivity contribution is 0.369. The number of nitriles is 1. The first-order valence-electron chi connectivity index (χ1n) is 7.51. The summed E-state index contributed by atoms with van der Waals surface area (Å²) in [6.45, 7) is 7.81. The van der Waals surface area contributed by atoms with Crippen molar-refractivity contribution in [2.45, 2.75) is 20.3 Å². The second-order valence-corrected chi connectivity index (χ2v) is 5.99. The van der Waals surface area contributed by atoms with Gasteiger partial charge in [0.25, 0.3) is 0 Å². The average molecular weight is 314 g/mol. The Balaban J connectivity index is 2.16. The summed E-state index contributed by atoms with van der Waals surface area (Å²) in [4.78, 5) is 4.81. The van der Waals surface area contributed by atoms with E-state index in [1.54, 1.807) is 0 Å². The molecular formula is C17H22N4S. The third-order valence-electron chi connectivity index (χ3n) is 4.15. The van der Waals surface area contributed by atoms with Gasteiger partial charge in [-0.3, -0.25) is 0 Å². The molecule has 2 rings (SSSR count). The fraction of sp³-hybridized carbons (Fsp3) is 0.412. The summed E-state index contributed by atoms with van der Waals surface area (Å²) >= 11 is 4.97. The van der Waals surface area contributed by atoms with Gasteiger partial charge in [-0.1, -0.05) is 30.4 Å². The van der Waals surface area contributed by atoms with Gasteiger partial charge in [0.05, 0.1) is 0 Å². The van der Waals surface area contributed by atoms with Crippen LogP contribution in [0.1, 0.15) is 18.9 Å². The molecule has 1 aromatic rings. The number of nitrogens with zero attached hydrogens (tertiary/aromatic N) is 3. The van der Waals surface area contributed by atoms with Gasteiger partial charge in [0.1, 0.15) is 16.6 Å². The summed E-state index contributed by atoms with van der Waals surface area (Å²) < 4.78 is 0. The molecule has 1 aliphatic rings. The lowest BCUT2D eigenvalue weighted by Gasteiger charge is -2.26. The second kappa shape index (κ2) is 7.28. The highest BCUT2D eigenvalue weighted by molar-refractivity contribution is 7.80. The Labute approximate surface area is 137 Å². The number of anilines is 1. The second-order valence-electron chi connectivity index (χ2n) is 5.55. The van der Waals surface area contributed by atoms with E-state index in [2.05, 4.69) is 47.1 Å². The first-order valence-corrected chi connectivity index (χ1v) is 7.91. The number of rotatable bonds is 3. The number of hydrogen-bond acceptors (Lipinski definition) is 4. The van der Waals surface area contributed by atoms with E-state index in [1.807, 2.05) is 6.92 Å². The predicted molar refractivity (Wildman–Crippen MR) is 94.7 cm³/mol. The predicted octanol–water partition coefficient (Wildman–Crippen LogP) is 2.59. The van der Waals surface area contributed by atoms with Crippen molar-refractivity contribution in [2.24, 2.45) is 5.73 Å². The molecule has 0 bridgehead atoms. The molecular weight excluding hydrogens is 292 g/mol. The molecule has 2 N–H and O–H groups in total. The highest BCUT2D eigenvalue weighted by Gasteiger charge is 2.18. The summed E-state index contributed by atoms with van der Waals surface area (Å²) in [5.74, 6) is 0. The molecule has 0 saturated carbocycles. The van der Waals surface area contributed by atoms with Gasteiger partial charge < -0.3 is 15.5 Å². The zero-order valence-corrected chi connectivity index (χ0v) is 14.0. The Morgan fingerprint density at radius 3 is 2.59 bits per heavy atom. The van der Waals surface area contributed by atoms with Crippen molar-refractivity contribution in [3.63, 3.8) is 0 Å². The van der Waals surface area contributed by atoms with Crippen molar-refractivity contribution >= 4 is 22.9 Å². The van der Waals surface area contributed by atoms with Crippen LogP contribution in [0.3, 0.4) is 0 Å². The molecule has 1 fully saturated rings. The van der Waals surface area contributed by atoms with Gasteiger partial charge in [0.2, 0.25) is 0 Å². The molecule has 5 heteroatoms. The summed E-state index contributed by atoms with van der Waals surface area (Å²) in [7, 11) is 0. The molecule has 0 aliphatic carbocycles. The third kappa shape index (κ3) is 3.58. The van der Waals surface area contributed by atoms with E-state index < -0.39 is 0 Å². The highest BCUT2D eigenvalue weighted by atomic mass is 32.1. The molecule has 1 aliphatic heterocycles. The van der Waals surface area contributed by atoms with Crippen molar-refractivity contribution in [3.8, 4) is 6.07 Å². The maximum Gasteiger partial charge on any atom is 0.116 e. The maximum absolute atomic E-state index is 9.22. The van der Waals surface area contributed by atoms with Crippen LogP contribution in [-0.4, -0.2) is 36.1 Å². The van der Waals surface area contributed by atoms with Gasteiger partial charge in [-0.05, 0) is 31.9 Å². The van der Waals surface area contributed by atoms with Crippen LogP contribution in [0.5, 0.6) is 0 Å². The van der Waals surface area contributed by atoms with Gasteiger partial charge in [0, 0.05) is 37.6 Å². The van der Waals surface area contributed by atoms with Crippen molar-refractivity contribution in [1.29, 1.82) is 5.26 Å². The Morgan fingerprint density at radius 2 is 1.95 bits per heavy atom. The number of benzene rings is 1. The minimum absolute atomic E-state index is 0.181. The Kier molecular flexibility index (Phi) is 5.40. The molecule has 1 heterocycles. The molecule has 0 unspecified atom stereocenters. The molecule has 1 aromatic carbocycles. The number of hydrogen-bond donors (Lipinski definition) is 1. The van der Waals surface area contributed by atoms with E-state index in [1.165, 1.54) is 11.3 Å². The quantitative estimate of drug-likeness (QED) is 0.528. The van der Waals surface area contributed by atoms with Gasteiger partial charge in [-0.25, -0.2) is 0 Å². The molecule has 0 atom stereocenters. The average Bonchev–Trinajstić information content (AvgIpc) is 2.74. The number of aryl methyl sites for hydroxylation is 1. The van der Waals surface area contributed by atoms with Crippen LogP contribution in [-0.2, 0) is 0 Å². The van der Waals surface area contributed by atoms with E-state index >= 15 is 0 Å². The van der Waals surface area contributed by atoms with Crippen LogP contribution in [0, 0.1) is 18.3 Å². The molecule has 116 valence electrons.